The van der Waals surface area contributed by atoms with Crippen molar-refractivity contribution in [2.75, 3.05) is 0 Å². The standard InChI is InChI=1S/C34H50N2P2/c1-30(2,3)26-21-24(23-38(28-17-13-15-19-35-28)29-18-14-16-20-36-29)25(22-27(26)31(4,5)6)34(37,32(7,8)9)33(10,11)12/h13-22H,23,37H2,1-12H3. The molecule has 0 aliphatic rings. The molecule has 0 fully saturated rings. The highest BCUT2D eigenvalue weighted by atomic mass is 31.1. The molecule has 0 N–H and O–H groups in total. The van der Waals surface area contributed by atoms with Gasteiger partial charge in [-0.05, 0) is 68.2 Å². The van der Waals surface area contributed by atoms with Crippen LogP contribution in [0.4, 0.5) is 0 Å². The van der Waals surface area contributed by atoms with E-state index in [1.54, 1.807) is 0 Å². The summed E-state index contributed by atoms with van der Waals surface area (Å²) in [5.74, 6) is 0. The highest BCUT2D eigenvalue weighted by molar-refractivity contribution is 7.71. The van der Waals surface area contributed by atoms with Crippen LogP contribution in [0, 0.1) is 10.8 Å². The summed E-state index contributed by atoms with van der Waals surface area (Å²) in [6.45, 7) is 28.5. The first-order valence-corrected chi connectivity index (χ1v) is 16.0. The van der Waals surface area contributed by atoms with E-state index in [1.165, 1.54) is 22.3 Å². The lowest BCUT2D eigenvalue weighted by molar-refractivity contribution is 0.139. The maximum absolute atomic E-state index is 4.85. The number of aromatic nitrogens is 2. The normalized spacial score (nSPS) is 13.7. The van der Waals surface area contributed by atoms with Crippen LogP contribution < -0.4 is 10.9 Å². The van der Waals surface area contributed by atoms with E-state index in [1.807, 2.05) is 24.5 Å². The van der Waals surface area contributed by atoms with E-state index in [9.17, 15) is 0 Å². The predicted molar refractivity (Wildman–Crippen MR) is 173 cm³/mol. The highest BCUT2D eigenvalue weighted by Crippen LogP contribution is 2.60. The Labute approximate surface area is 236 Å². The molecule has 38 heavy (non-hydrogen) atoms. The van der Waals surface area contributed by atoms with E-state index in [-0.39, 0.29) is 26.8 Å². The number of benzene rings is 1. The average molecular weight is 549 g/mol. The minimum atomic E-state index is -0.780. The topological polar surface area (TPSA) is 25.8 Å². The summed E-state index contributed by atoms with van der Waals surface area (Å²) in [5, 5.41) is -0.152. The fourth-order valence-corrected chi connectivity index (χ4v) is 8.17. The third-order valence-corrected chi connectivity index (χ3v) is 12.2. The fourth-order valence-electron chi connectivity index (χ4n) is 5.79. The van der Waals surface area contributed by atoms with Crippen molar-refractivity contribution in [3.63, 3.8) is 0 Å². The molecule has 0 saturated heterocycles. The van der Waals surface area contributed by atoms with Crippen LogP contribution in [0.2, 0.25) is 0 Å². The van der Waals surface area contributed by atoms with Gasteiger partial charge in [-0.2, -0.15) is 0 Å². The number of nitrogens with zero attached hydrogens (tertiary/aromatic N) is 2. The fraction of sp³-hybridized carbons (Fsp3) is 0.529. The lowest BCUT2D eigenvalue weighted by Crippen LogP contribution is -2.46. The minimum Gasteiger partial charge on any atom is -0.256 e. The van der Waals surface area contributed by atoms with Crippen molar-refractivity contribution < 1.29 is 0 Å². The molecular weight excluding hydrogens is 498 g/mol. The predicted octanol–water partition coefficient (Wildman–Crippen LogP) is 8.87. The molecule has 0 spiro atoms. The van der Waals surface area contributed by atoms with E-state index < -0.39 is 7.92 Å². The van der Waals surface area contributed by atoms with E-state index in [0.29, 0.717) is 0 Å². The Morgan fingerprint density at radius 3 is 1.37 bits per heavy atom. The molecule has 206 valence electrons. The van der Waals surface area contributed by atoms with Crippen molar-refractivity contribution in [2.45, 2.75) is 105 Å². The van der Waals surface area contributed by atoms with Crippen molar-refractivity contribution in [3.05, 3.63) is 83.2 Å². The van der Waals surface area contributed by atoms with Crippen LogP contribution in [-0.4, -0.2) is 9.97 Å². The zero-order chi connectivity index (χ0) is 28.7. The van der Waals surface area contributed by atoms with E-state index in [0.717, 1.165) is 17.0 Å². The molecule has 0 radical (unpaired) electrons. The van der Waals surface area contributed by atoms with Gasteiger partial charge in [-0.25, -0.2) is 0 Å². The molecule has 2 aromatic heterocycles. The molecule has 1 unspecified atom stereocenters. The molecule has 2 heterocycles. The maximum atomic E-state index is 4.85. The first-order chi connectivity index (χ1) is 17.3. The average Bonchev–Trinajstić information content (AvgIpc) is 2.80. The second kappa shape index (κ2) is 10.7. The summed E-state index contributed by atoms with van der Waals surface area (Å²) < 4.78 is 0. The van der Waals surface area contributed by atoms with Gasteiger partial charge in [0.05, 0.1) is 10.9 Å². The van der Waals surface area contributed by atoms with Crippen molar-refractivity contribution in [2.24, 2.45) is 10.8 Å². The monoisotopic (exact) mass is 548 g/mol. The Morgan fingerprint density at radius 2 is 1.03 bits per heavy atom. The molecule has 0 aliphatic heterocycles. The van der Waals surface area contributed by atoms with Gasteiger partial charge in [0.25, 0.3) is 0 Å². The maximum Gasteiger partial charge on any atom is 0.0695 e. The number of hydrogen-bond donors (Lipinski definition) is 0. The van der Waals surface area contributed by atoms with Crippen LogP contribution >= 0.6 is 17.2 Å². The number of rotatable bonds is 5. The van der Waals surface area contributed by atoms with Gasteiger partial charge in [0, 0.05) is 31.6 Å². The molecule has 0 amide bonds. The van der Waals surface area contributed by atoms with Crippen LogP contribution in [0.15, 0.2) is 60.9 Å². The number of hydrogen-bond acceptors (Lipinski definition) is 2. The Morgan fingerprint density at radius 1 is 0.605 bits per heavy atom. The summed E-state index contributed by atoms with van der Waals surface area (Å²) >= 11 is 0. The Balaban J connectivity index is 2.44. The van der Waals surface area contributed by atoms with Crippen molar-refractivity contribution in [1.82, 2.24) is 9.97 Å². The van der Waals surface area contributed by atoms with Gasteiger partial charge in [-0.3, -0.25) is 9.97 Å². The van der Waals surface area contributed by atoms with Gasteiger partial charge >= 0.3 is 0 Å². The first-order valence-electron chi connectivity index (χ1n) is 13.9. The van der Waals surface area contributed by atoms with Gasteiger partial charge < -0.3 is 0 Å². The molecular formula is C34H50N2P2. The SMILES string of the molecule is CC(C)(C)c1cc(CP(c2ccccn2)c2ccccn2)c(C(P)(C(C)(C)C)C(C)(C)C)cc1C(C)(C)C. The molecule has 0 saturated carbocycles. The zero-order valence-electron chi connectivity index (χ0n) is 25.9. The summed E-state index contributed by atoms with van der Waals surface area (Å²) in [6, 6.07) is 17.7. The minimum absolute atomic E-state index is 0.0157. The van der Waals surface area contributed by atoms with Crippen LogP contribution in [-0.2, 0) is 22.1 Å². The van der Waals surface area contributed by atoms with Gasteiger partial charge in [0.1, 0.15) is 0 Å². The lowest BCUT2D eigenvalue weighted by atomic mass is 9.60. The van der Waals surface area contributed by atoms with Gasteiger partial charge in [-0.15, -0.1) is 9.24 Å². The zero-order valence-corrected chi connectivity index (χ0v) is 27.9. The molecule has 0 bridgehead atoms. The Hall–Kier alpha value is -1.62. The molecule has 4 heteroatoms. The molecule has 3 aromatic rings. The highest BCUT2D eigenvalue weighted by Gasteiger charge is 2.50. The molecule has 3 rings (SSSR count). The number of pyridine rings is 2. The second-order valence-electron chi connectivity index (χ2n) is 14.8. The Kier molecular flexibility index (Phi) is 8.74. The van der Waals surface area contributed by atoms with Gasteiger partial charge in [0.2, 0.25) is 0 Å². The molecule has 0 aliphatic carbocycles. The van der Waals surface area contributed by atoms with Crippen LogP contribution in [0.3, 0.4) is 0 Å². The van der Waals surface area contributed by atoms with E-state index in [2.05, 4.69) is 129 Å². The van der Waals surface area contributed by atoms with Gasteiger partial charge in [-0.1, -0.05) is 107 Å². The third-order valence-electron chi connectivity index (χ3n) is 7.83. The molecule has 2 nitrogen and oxygen atoms in total. The third kappa shape index (κ3) is 6.24. The first kappa shape index (κ1) is 30.9. The lowest BCUT2D eigenvalue weighted by Gasteiger charge is -2.53. The summed E-state index contributed by atoms with van der Waals surface area (Å²) in [5.41, 5.74) is 8.11. The smallest absolute Gasteiger partial charge is 0.0695 e. The molecule has 1 atom stereocenters. The molecule has 1 aromatic carbocycles. The van der Waals surface area contributed by atoms with Gasteiger partial charge in [0.15, 0.2) is 0 Å². The summed E-state index contributed by atoms with van der Waals surface area (Å²) in [7, 11) is 2.58. The van der Waals surface area contributed by atoms with Crippen LogP contribution in [0.25, 0.3) is 0 Å². The summed E-state index contributed by atoms with van der Waals surface area (Å²) in [4.78, 5) is 9.71. The van der Waals surface area contributed by atoms with Crippen LogP contribution in [0.1, 0.15) is 105 Å². The van der Waals surface area contributed by atoms with E-state index in [4.69, 9.17) is 9.97 Å². The van der Waals surface area contributed by atoms with Crippen molar-refractivity contribution in [1.29, 1.82) is 0 Å². The Bertz CT molecular complexity index is 1170. The van der Waals surface area contributed by atoms with E-state index >= 15 is 0 Å². The quantitative estimate of drug-likeness (QED) is 0.298. The van der Waals surface area contributed by atoms with Crippen LogP contribution in [0.5, 0.6) is 0 Å². The van der Waals surface area contributed by atoms with Crippen molar-refractivity contribution in [3.8, 4) is 0 Å². The second-order valence-corrected chi connectivity index (χ2v) is 17.8. The van der Waals surface area contributed by atoms with Crippen molar-refractivity contribution >= 4 is 28.0 Å². The largest absolute Gasteiger partial charge is 0.256 e. The summed E-state index contributed by atoms with van der Waals surface area (Å²) in [6.07, 6.45) is 4.75.